The fourth-order valence-corrected chi connectivity index (χ4v) is 4.68. The molecule has 2 atom stereocenters. The van der Waals surface area contributed by atoms with Crippen molar-refractivity contribution in [2.75, 3.05) is 10.6 Å². The van der Waals surface area contributed by atoms with Crippen molar-refractivity contribution in [3.05, 3.63) is 112 Å². The van der Waals surface area contributed by atoms with Crippen molar-refractivity contribution in [2.24, 2.45) is 0 Å². The Morgan fingerprint density at radius 2 is 1.87 bits per heavy atom. The first-order valence-corrected chi connectivity index (χ1v) is 12.3. The maximum atomic E-state index is 14.6. The van der Waals surface area contributed by atoms with Gasteiger partial charge in [0.1, 0.15) is 23.4 Å². The monoisotopic (exact) mass is 529 g/mol. The molecule has 2 aromatic heterocycles. The van der Waals surface area contributed by atoms with Gasteiger partial charge < -0.3 is 10.6 Å². The average Bonchev–Trinajstić information content (AvgIpc) is 3.46. The number of benzene rings is 3. The third-order valence-electron chi connectivity index (χ3n) is 6.30. The number of pyridine rings is 1. The van der Waals surface area contributed by atoms with E-state index in [1.165, 1.54) is 24.4 Å². The number of nitriles is 1. The summed E-state index contributed by atoms with van der Waals surface area (Å²) in [5.41, 5.74) is 3.72. The summed E-state index contributed by atoms with van der Waals surface area (Å²) in [5.74, 6) is -0.689. The van der Waals surface area contributed by atoms with E-state index in [9.17, 15) is 14.0 Å². The Hall–Kier alpha value is -4.55. The molecule has 0 aliphatic heterocycles. The van der Waals surface area contributed by atoms with Crippen LogP contribution in [0.5, 0.6) is 0 Å². The number of aromatic nitrogens is 4. The van der Waals surface area contributed by atoms with E-state index in [0.29, 0.717) is 50.5 Å². The number of fused-ring (bicyclic) bond motifs is 1. The average molecular weight is 530 g/mol. The van der Waals surface area contributed by atoms with Gasteiger partial charge in [0.05, 0.1) is 33.9 Å². The highest BCUT2D eigenvalue weighted by Gasteiger charge is 2.21. The lowest BCUT2D eigenvalue weighted by molar-refractivity contribution is 0.587. The Bertz CT molecular complexity index is 1620. The van der Waals surface area contributed by atoms with Gasteiger partial charge in [-0.3, -0.25) is 10.1 Å². The predicted molar refractivity (Wildman–Crippen MR) is 143 cm³/mol. The number of hydrogen-bond acceptors (Lipinski definition) is 6. The zero-order valence-electron chi connectivity index (χ0n) is 20.2. The fraction of sp³-hybridized carbons (Fsp3) is 0.143. The van der Waals surface area contributed by atoms with Crippen molar-refractivity contribution in [2.45, 2.75) is 25.4 Å². The van der Waals surface area contributed by atoms with Crippen LogP contribution in [-0.4, -0.2) is 20.4 Å². The van der Waals surface area contributed by atoms with E-state index in [1.54, 1.807) is 42.6 Å². The molecule has 38 heavy (non-hydrogen) atoms. The van der Waals surface area contributed by atoms with E-state index in [-0.39, 0.29) is 11.6 Å². The third kappa shape index (κ3) is 4.99. The summed E-state index contributed by atoms with van der Waals surface area (Å²) in [4.78, 5) is 4.41. The normalized spacial score (nSPS) is 12.6. The quantitative estimate of drug-likeness (QED) is 0.201. The van der Waals surface area contributed by atoms with Crippen LogP contribution in [0.4, 0.5) is 20.2 Å². The van der Waals surface area contributed by atoms with Gasteiger partial charge in [0.15, 0.2) is 0 Å². The molecule has 2 heterocycles. The van der Waals surface area contributed by atoms with Crippen molar-refractivity contribution in [1.82, 2.24) is 20.4 Å². The van der Waals surface area contributed by atoms with Crippen molar-refractivity contribution in [3.8, 4) is 6.07 Å². The highest BCUT2D eigenvalue weighted by molar-refractivity contribution is 6.35. The van der Waals surface area contributed by atoms with Crippen molar-refractivity contribution < 1.29 is 8.78 Å². The summed E-state index contributed by atoms with van der Waals surface area (Å²) in [6, 6.07) is 17.4. The molecule has 7 nitrogen and oxygen atoms in total. The number of nitrogens with zero attached hydrogens (tertiary/aromatic N) is 4. The minimum absolute atomic E-state index is 0.298. The molecule has 0 amide bonds. The molecule has 3 N–H and O–H groups in total. The lowest BCUT2D eigenvalue weighted by Crippen LogP contribution is -2.14. The minimum atomic E-state index is -0.479. The van der Waals surface area contributed by atoms with E-state index in [2.05, 4.69) is 37.1 Å². The van der Waals surface area contributed by atoms with E-state index >= 15 is 0 Å². The number of anilines is 2. The molecule has 0 spiro atoms. The molecule has 0 fully saturated rings. The first kappa shape index (κ1) is 25.1. The highest BCUT2D eigenvalue weighted by atomic mass is 35.5. The van der Waals surface area contributed by atoms with Gasteiger partial charge in [-0.05, 0) is 42.3 Å². The number of hydrogen-bond donors (Lipinski definition) is 3. The van der Waals surface area contributed by atoms with Gasteiger partial charge in [-0.25, -0.2) is 8.78 Å². The van der Waals surface area contributed by atoms with Crippen LogP contribution in [-0.2, 0) is 0 Å². The van der Waals surface area contributed by atoms with Crippen LogP contribution in [0.2, 0.25) is 5.02 Å². The number of H-pyrrole nitrogens is 1. The molecule has 5 rings (SSSR count). The zero-order valence-corrected chi connectivity index (χ0v) is 21.0. The number of nitrogens with one attached hydrogen (secondary N) is 3. The van der Waals surface area contributed by atoms with Crippen molar-refractivity contribution in [3.63, 3.8) is 0 Å². The SMILES string of the molecule is CCC(Nc1c(C#N)cnc2c(Cl)cc(N[C@@H](c3ccc(F)cc3)c3c[nH]nn3)cc12)c1ccccc1F. The number of aromatic amines is 1. The summed E-state index contributed by atoms with van der Waals surface area (Å²) >= 11 is 6.66. The molecule has 5 aromatic rings. The second-order valence-electron chi connectivity index (χ2n) is 8.67. The lowest BCUT2D eigenvalue weighted by atomic mass is 10.0. The molecule has 1 unspecified atom stereocenters. The zero-order chi connectivity index (χ0) is 26.6. The minimum Gasteiger partial charge on any atom is -0.376 e. The Morgan fingerprint density at radius 3 is 2.55 bits per heavy atom. The molecule has 0 saturated heterocycles. The predicted octanol–water partition coefficient (Wildman–Crippen LogP) is 6.92. The smallest absolute Gasteiger partial charge is 0.128 e. The Balaban J connectivity index is 1.60. The van der Waals surface area contributed by atoms with Crippen molar-refractivity contribution >= 4 is 33.9 Å². The van der Waals surface area contributed by atoms with Crippen LogP contribution in [0.3, 0.4) is 0 Å². The fourth-order valence-electron chi connectivity index (χ4n) is 4.42. The molecule has 0 saturated carbocycles. The van der Waals surface area contributed by atoms with Crippen LogP contribution >= 0.6 is 11.6 Å². The van der Waals surface area contributed by atoms with Crippen LogP contribution in [0, 0.1) is 23.0 Å². The molecular formula is C28H22ClF2N7. The van der Waals surface area contributed by atoms with Gasteiger partial charge in [0.25, 0.3) is 0 Å². The van der Waals surface area contributed by atoms with Gasteiger partial charge in [0.2, 0.25) is 0 Å². The molecule has 0 aliphatic rings. The second kappa shape index (κ2) is 10.8. The lowest BCUT2D eigenvalue weighted by Gasteiger charge is -2.23. The maximum absolute atomic E-state index is 14.6. The molecular weight excluding hydrogens is 508 g/mol. The maximum Gasteiger partial charge on any atom is 0.128 e. The topological polar surface area (TPSA) is 102 Å². The number of halogens is 3. The highest BCUT2D eigenvalue weighted by Crippen LogP contribution is 2.37. The van der Waals surface area contributed by atoms with Gasteiger partial charge >= 0.3 is 0 Å². The van der Waals surface area contributed by atoms with Crippen LogP contribution < -0.4 is 10.6 Å². The van der Waals surface area contributed by atoms with Crippen molar-refractivity contribution in [1.29, 1.82) is 5.26 Å². The van der Waals surface area contributed by atoms with Gasteiger partial charge in [-0.1, -0.05) is 54.1 Å². The van der Waals surface area contributed by atoms with E-state index in [4.69, 9.17) is 11.6 Å². The van der Waals surface area contributed by atoms with E-state index < -0.39 is 12.1 Å². The second-order valence-corrected chi connectivity index (χ2v) is 9.07. The molecule has 0 bridgehead atoms. The Labute approximate surface area is 222 Å². The summed E-state index contributed by atoms with van der Waals surface area (Å²) < 4.78 is 28.2. The number of rotatable bonds is 8. The third-order valence-corrected chi connectivity index (χ3v) is 6.59. The first-order chi connectivity index (χ1) is 18.5. The standard InChI is InChI=1S/C28H22ClF2N7/c1-2-24(20-5-3-4-6-23(20)31)36-26-17(13-32)14-33-28-21(26)11-19(12-22(28)29)35-27(25-15-34-38-37-25)16-7-9-18(30)10-8-16/h3-12,14-15,24,27,35H,2H2,1H3,(H,33,36)(H,34,37,38)/t24?,27-/m0/s1. The summed E-state index contributed by atoms with van der Waals surface area (Å²) in [6.07, 6.45) is 3.67. The van der Waals surface area contributed by atoms with Crippen LogP contribution in [0.15, 0.2) is 73.1 Å². The molecule has 0 aliphatic carbocycles. The molecule has 0 radical (unpaired) electrons. The summed E-state index contributed by atoms with van der Waals surface area (Å²) in [6.45, 7) is 1.94. The molecule has 3 aromatic carbocycles. The first-order valence-electron chi connectivity index (χ1n) is 11.9. The van der Waals surface area contributed by atoms with Crippen LogP contribution in [0.1, 0.15) is 47.8 Å². The van der Waals surface area contributed by atoms with Gasteiger partial charge in [0, 0.05) is 29.0 Å². The van der Waals surface area contributed by atoms with Gasteiger partial charge in [-0.2, -0.15) is 5.26 Å². The van der Waals surface area contributed by atoms with E-state index in [0.717, 1.165) is 5.56 Å². The van der Waals surface area contributed by atoms with E-state index in [1.807, 2.05) is 13.0 Å². The Morgan fingerprint density at radius 1 is 1.08 bits per heavy atom. The molecule has 10 heteroatoms. The molecule has 190 valence electrons. The summed E-state index contributed by atoms with van der Waals surface area (Å²) in [7, 11) is 0. The van der Waals surface area contributed by atoms with Gasteiger partial charge in [-0.15, -0.1) is 5.10 Å². The Kier molecular flexibility index (Phi) is 7.15. The summed E-state index contributed by atoms with van der Waals surface area (Å²) in [5, 5.41) is 28.2. The largest absolute Gasteiger partial charge is 0.376 e. The van der Waals surface area contributed by atoms with Crippen LogP contribution in [0.25, 0.3) is 10.9 Å².